The van der Waals surface area contributed by atoms with Gasteiger partial charge in [-0.15, -0.1) is 0 Å². The van der Waals surface area contributed by atoms with Crippen molar-refractivity contribution in [2.45, 2.75) is 70.7 Å². The van der Waals surface area contributed by atoms with Crippen molar-refractivity contribution in [1.29, 1.82) is 0 Å². The maximum Gasteiger partial charge on any atom is 0.274 e. The Kier molecular flexibility index (Phi) is 4.80. The largest absolute Gasteiger partial charge is 0.447 e. The van der Waals surface area contributed by atoms with Gasteiger partial charge in [-0.2, -0.15) is 0 Å². The first-order valence-corrected chi connectivity index (χ1v) is 9.03. The molecule has 21 heavy (non-hydrogen) atoms. The van der Waals surface area contributed by atoms with Crippen LogP contribution >= 0.6 is 0 Å². The molecule has 0 saturated heterocycles. The normalized spacial score (nSPS) is 22.0. The number of sulfonamides is 1. The van der Waals surface area contributed by atoms with Gasteiger partial charge in [0.25, 0.3) is 10.0 Å². The van der Waals surface area contributed by atoms with Gasteiger partial charge in [0.2, 0.25) is 5.09 Å². The quantitative estimate of drug-likeness (QED) is 0.847. The van der Waals surface area contributed by atoms with Crippen LogP contribution in [0.3, 0.4) is 0 Å². The fraction of sp³-hybridized carbons (Fsp3) is 0.733. The zero-order valence-electron chi connectivity index (χ0n) is 13.3. The Labute approximate surface area is 127 Å². The molecule has 2 rings (SSSR count). The molecule has 1 unspecified atom stereocenters. The van der Waals surface area contributed by atoms with Gasteiger partial charge in [0.05, 0.1) is 6.54 Å². The summed E-state index contributed by atoms with van der Waals surface area (Å²) in [6.45, 7) is 8.80. The standard InChI is InChI=1S/C15H26N2O3S/c1-11(2)16-10-12-7-8-14(20-12)21(18,19)17-13-6-5-9-15(13,3)4/h7-8,11,13,16-17H,5-6,9-10H2,1-4H3. The molecule has 0 spiro atoms. The number of hydrogen-bond donors (Lipinski definition) is 2. The molecular formula is C15H26N2O3S. The van der Waals surface area contributed by atoms with E-state index in [1.54, 1.807) is 6.07 Å². The van der Waals surface area contributed by atoms with Crippen LogP contribution in [-0.2, 0) is 16.6 Å². The molecule has 0 amide bonds. The molecule has 0 bridgehead atoms. The average molecular weight is 314 g/mol. The zero-order valence-corrected chi connectivity index (χ0v) is 14.1. The molecule has 1 fully saturated rings. The van der Waals surface area contributed by atoms with Crippen LogP contribution in [0.5, 0.6) is 0 Å². The maximum absolute atomic E-state index is 12.4. The lowest BCUT2D eigenvalue weighted by atomic mass is 9.88. The summed E-state index contributed by atoms with van der Waals surface area (Å²) in [6.07, 6.45) is 2.98. The lowest BCUT2D eigenvalue weighted by Crippen LogP contribution is -2.41. The minimum atomic E-state index is -3.58. The lowest BCUT2D eigenvalue weighted by molar-refractivity contribution is 0.309. The van der Waals surface area contributed by atoms with Crippen LogP contribution in [0.4, 0.5) is 0 Å². The van der Waals surface area contributed by atoms with Gasteiger partial charge in [-0.05, 0) is 30.4 Å². The van der Waals surface area contributed by atoms with E-state index >= 15 is 0 Å². The van der Waals surface area contributed by atoms with Crippen LogP contribution < -0.4 is 10.0 Å². The average Bonchev–Trinajstić information content (AvgIpc) is 2.95. The van der Waals surface area contributed by atoms with E-state index in [0.717, 1.165) is 19.3 Å². The van der Waals surface area contributed by atoms with Crippen LogP contribution in [0.15, 0.2) is 21.6 Å². The summed E-state index contributed by atoms with van der Waals surface area (Å²) in [5, 5.41) is 3.21. The van der Waals surface area contributed by atoms with Gasteiger partial charge in [-0.25, -0.2) is 13.1 Å². The molecule has 1 atom stereocenters. The monoisotopic (exact) mass is 314 g/mol. The van der Waals surface area contributed by atoms with Crippen LogP contribution in [0.2, 0.25) is 0 Å². The highest BCUT2D eigenvalue weighted by Crippen LogP contribution is 2.37. The number of nitrogens with one attached hydrogen (secondary N) is 2. The summed E-state index contributed by atoms with van der Waals surface area (Å²) in [6, 6.07) is 3.54. The Morgan fingerprint density at radius 3 is 2.67 bits per heavy atom. The smallest absolute Gasteiger partial charge is 0.274 e. The van der Waals surface area contributed by atoms with Crippen molar-refractivity contribution in [3.8, 4) is 0 Å². The van der Waals surface area contributed by atoms with E-state index in [1.165, 1.54) is 6.07 Å². The predicted octanol–water partition coefficient (Wildman–Crippen LogP) is 2.63. The lowest BCUT2D eigenvalue weighted by Gasteiger charge is -2.27. The van der Waals surface area contributed by atoms with E-state index in [2.05, 4.69) is 23.9 Å². The first-order chi connectivity index (χ1) is 9.71. The molecule has 1 aromatic rings. The molecule has 0 aliphatic heterocycles. The first kappa shape index (κ1) is 16.5. The van der Waals surface area contributed by atoms with Crippen LogP contribution in [0, 0.1) is 5.41 Å². The number of hydrogen-bond acceptors (Lipinski definition) is 4. The summed E-state index contributed by atoms with van der Waals surface area (Å²) in [7, 11) is -3.58. The SMILES string of the molecule is CC(C)NCc1ccc(S(=O)(=O)NC2CCCC2(C)C)o1. The van der Waals surface area contributed by atoms with Crippen LogP contribution in [-0.4, -0.2) is 20.5 Å². The third-order valence-electron chi connectivity index (χ3n) is 4.14. The predicted molar refractivity (Wildman–Crippen MR) is 82.4 cm³/mol. The molecule has 1 aliphatic carbocycles. The summed E-state index contributed by atoms with van der Waals surface area (Å²) < 4.78 is 33.1. The molecule has 2 N–H and O–H groups in total. The van der Waals surface area contributed by atoms with Crippen molar-refractivity contribution in [3.63, 3.8) is 0 Å². The third kappa shape index (κ3) is 4.08. The molecule has 0 radical (unpaired) electrons. The zero-order chi connectivity index (χ0) is 15.7. The second-order valence-electron chi connectivity index (χ2n) is 6.81. The third-order valence-corrected chi connectivity index (χ3v) is 5.48. The molecule has 1 saturated carbocycles. The Bertz CT molecular complexity index is 575. The molecule has 1 aliphatic rings. The summed E-state index contributed by atoms with van der Waals surface area (Å²) in [4.78, 5) is 0. The van der Waals surface area contributed by atoms with E-state index in [0.29, 0.717) is 18.3 Å². The second kappa shape index (κ2) is 6.10. The van der Waals surface area contributed by atoms with Gasteiger partial charge in [-0.1, -0.05) is 34.1 Å². The first-order valence-electron chi connectivity index (χ1n) is 7.55. The van der Waals surface area contributed by atoms with Gasteiger partial charge in [0.15, 0.2) is 0 Å². The van der Waals surface area contributed by atoms with E-state index < -0.39 is 10.0 Å². The van der Waals surface area contributed by atoms with Gasteiger partial charge in [0, 0.05) is 12.1 Å². The molecular weight excluding hydrogens is 288 g/mol. The molecule has 1 heterocycles. The Balaban J connectivity index is 2.06. The van der Waals surface area contributed by atoms with E-state index in [9.17, 15) is 8.42 Å². The highest BCUT2D eigenvalue weighted by molar-refractivity contribution is 7.89. The van der Waals surface area contributed by atoms with Crippen molar-refractivity contribution in [2.75, 3.05) is 0 Å². The van der Waals surface area contributed by atoms with Crippen molar-refractivity contribution in [1.82, 2.24) is 10.0 Å². The van der Waals surface area contributed by atoms with Crippen molar-refractivity contribution in [2.24, 2.45) is 5.41 Å². The molecule has 1 aromatic heterocycles. The molecule has 0 aromatic carbocycles. The topological polar surface area (TPSA) is 71.3 Å². The van der Waals surface area contributed by atoms with E-state index in [4.69, 9.17) is 4.42 Å². The van der Waals surface area contributed by atoms with E-state index in [1.807, 2.05) is 13.8 Å². The Morgan fingerprint density at radius 1 is 1.38 bits per heavy atom. The Morgan fingerprint density at radius 2 is 2.10 bits per heavy atom. The van der Waals surface area contributed by atoms with E-state index in [-0.39, 0.29) is 16.5 Å². The van der Waals surface area contributed by atoms with Gasteiger partial charge in [0.1, 0.15) is 5.76 Å². The maximum atomic E-state index is 12.4. The highest BCUT2D eigenvalue weighted by atomic mass is 32.2. The highest BCUT2D eigenvalue weighted by Gasteiger charge is 2.37. The summed E-state index contributed by atoms with van der Waals surface area (Å²) in [5.74, 6) is 0.634. The molecule has 120 valence electrons. The summed E-state index contributed by atoms with van der Waals surface area (Å²) >= 11 is 0. The minimum absolute atomic E-state index is 0.00168. The van der Waals surface area contributed by atoms with Crippen LogP contribution in [0.1, 0.15) is 52.7 Å². The number of furan rings is 1. The Hall–Kier alpha value is -0.850. The summed E-state index contributed by atoms with van der Waals surface area (Å²) in [5.41, 5.74) is 0.00168. The van der Waals surface area contributed by atoms with Gasteiger partial charge < -0.3 is 9.73 Å². The van der Waals surface area contributed by atoms with Gasteiger partial charge >= 0.3 is 0 Å². The fourth-order valence-electron chi connectivity index (χ4n) is 2.69. The second-order valence-corrected chi connectivity index (χ2v) is 8.46. The molecule has 6 heteroatoms. The fourth-order valence-corrected chi connectivity index (χ4v) is 4.08. The van der Waals surface area contributed by atoms with Crippen molar-refractivity contribution >= 4 is 10.0 Å². The van der Waals surface area contributed by atoms with Crippen LogP contribution in [0.25, 0.3) is 0 Å². The van der Waals surface area contributed by atoms with Crippen molar-refractivity contribution in [3.05, 3.63) is 17.9 Å². The molecule has 5 nitrogen and oxygen atoms in total. The number of rotatable bonds is 6. The minimum Gasteiger partial charge on any atom is -0.447 e. The van der Waals surface area contributed by atoms with Crippen molar-refractivity contribution < 1.29 is 12.8 Å². The van der Waals surface area contributed by atoms with Gasteiger partial charge in [-0.3, -0.25) is 0 Å².